The van der Waals surface area contributed by atoms with Crippen LogP contribution < -0.4 is 10.6 Å². The molecule has 1 aliphatic heterocycles. The summed E-state index contributed by atoms with van der Waals surface area (Å²) < 4.78 is 5.43. The van der Waals surface area contributed by atoms with Crippen LogP contribution in [0.4, 0.5) is 4.79 Å². The second kappa shape index (κ2) is 11.2. The van der Waals surface area contributed by atoms with Crippen LogP contribution in [0.2, 0.25) is 0 Å². The van der Waals surface area contributed by atoms with Gasteiger partial charge >= 0.3 is 6.09 Å². The lowest BCUT2D eigenvalue weighted by Crippen LogP contribution is -2.50. The highest BCUT2D eigenvalue weighted by Gasteiger charge is 2.25. The Hall–Kier alpha value is -1.50. The number of guanidine groups is 1. The van der Waals surface area contributed by atoms with Gasteiger partial charge in [-0.15, -0.1) is 0 Å². The Morgan fingerprint density at radius 2 is 1.68 bits per heavy atom. The van der Waals surface area contributed by atoms with E-state index in [4.69, 9.17) is 4.74 Å². The highest BCUT2D eigenvalue weighted by atomic mass is 16.6. The van der Waals surface area contributed by atoms with E-state index in [2.05, 4.69) is 27.4 Å². The molecule has 0 spiro atoms. The van der Waals surface area contributed by atoms with Gasteiger partial charge in [-0.1, -0.05) is 13.3 Å². The fraction of sp³-hybridized carbons (Fsp3) is 0.889. The van der Waals surface area contributed by atoms with E-state index in [1.54, 1.807) is 11.9 Å². The predicted molar refractivity (Wildman–Crippen MR) is 103 cm³/mol. The number of rotatable bonds is 7. The third kappa shape index (κ3) is 9.53. The average Bonchev–Trinajstić information content (AvgIpc) is 2.56. The van der Waals surface area contributed by atoms with Gasteiger partial charge in [0.15, 0.2) is 5.96 Å². The molecule has 0 aromatic heterocycles. The van der Waals surface area contributed by atoms with Crippen molar-refractivity contribution in [3.8, 4) is 0 Å². The molecule has 0 unspecified atom stereocenters. The number of ether oxygens (including phenoxy) is 1. The van der Waals surface area contributed by atoms with Crippen molar-refractivity contribution in [3.05, 3.63) is 0 Å². The fourth-order valence-corrected chi connectivity index (χ4v) is 2.59. The zero-order valence-corrected chi connectivity index (χ0v) is 16.7. The van der Waals surface area contributed by atoms with E-state index >= 15 is 0 Å². The number of nitrogens with zero attached hydrogens (tertiary/aromatic N) is 3. The maximum atomic E-state index is 12.1. The Balaban J connectivity index is 2.15. The molecule has 0 atom stereocenters. The Labute approximate surface area is 153 Å². The molecule has 146 valence electrons. The number of aliphatic imine (C=N–C) groups is 1. The van der Waals surface area contributed by atoms with E-state index in [-0.39, 0.29) is 6.09 Å². The summed E-state index contributed by atoms with van der Waals surface area (Å²) in [6, 6.07) is 0. The summed E-state index contributed by atoms with van der Waals surface area (Å²) in [4.78, 5) is 20.5. The number of nitrogens with one attached hydrogen (secondary N) is 2. The lowest BCUT2D eigenvalue weighted by Gasteiger charge is -2.35. The SMILES string of the molecule is CCCCNC(=NC)NCCCN1CCN(C(=O)OC(C)(C)C)CC1. The summed E-state index contributed by atoms with van der Waals surface area (Å²) >= 11 is 0. The molecule has 25 heavy (non-hydrogen) atoms. The quantitative estimate of drug-likeness (QED) is 0.415. The summed E-state index contributed by atoms with van der Waals surface area (Å²) in [6.07, 6.45) is 3.19. The molecular formula is C18H37N5O2. The molecule has 0 aromatic carbocycles. The molecule has 0 aromatic rings. The van der Waals surface area contributed by atoms with Gasteiger partial charge in [-0.05, 0) is 40.2 Å². The van der Waals surface area contributed by atoms with Crippen LogP contribution in [0.15, 0.2) is 4.99 Å². The van der Waals surface area contributed by atoms with Crippen molar-refractivity contribution in [2.75, 3.05) is 52.9 Å². The Bertz CT molecular complexity index is 412. The van der Waals surface area contributed by atoms with E-state index in [9.17, 15) is 4.79 Å². The summed E-state index contributed by atoms with van der Waals surface area (Å²) in [5.74, 6) is 0.878. The van der Waals surface area contributed by atoms with E-state index in [1.807, 2.05) is 20.8 Å². The van der Waals surface area contributed by atoms with Crippen LogP contribution in [0.3, 0.4) is 0 Å². The van der Waals surface area contributed by atoms with Gasteiger partial charge in [-0.25, -0.2) is 4.79 Å². The van der Waals surface area contributed by atoms with Crippen molar-refractivity contribution < 1.29 is 9.53 Å². The second-order valence-corrected chi connectivity index (χ2v) is 7.44. The molecule has 1 saturated heterocycles. The third-order valence-corrected chi connectivity index (χ3v) is 4.01. The lowest BCUT2D eigenvalue weighted by molar-refractivity contribution is 0.0145. The molecule has 1 rings (SSSR count). The number of amides is 1. The van der Waals surface area contributed by atoms with Crippen LogP contribution in [0, 0.1) is 0 Å². The standard InChI is InChI=1S/C18H37N5O2/c1-6-7-9-20-16(19-5)21-10-8-11-22-12-14-23(15-13-22)17(24)25-18(2,3)4/h6-15H2,1-5H3,(H2,19,20,21). The minimum atomic E-state index is -0.427. The van der Waals surface area contributed by atoms with Gasteiger partial charge in [0, 0.05) is 46.3 Å². The number of hydrogen-bond acceptors (Lipinski definition) is 4. The highest BCUT2D eigenvalue weighted by Crippen LogP contribution is 2.11. The molecule has 7 nitrogen and oxygen atoms in total. The molecule has 0 radical (unpaired) electrons. The molecule has 7 heteroatoms. The zero-order valence-electron chi connectivity index (χ0n) is 16.7. The number of carbonyl (C=O) groups excluding carboxylic acids is 1. The Morgan fingerprint density at radius 3 is 2.20 bits per heavy atom. The Morgan fingerprint density at radius 1 is 1.08 bits per heavy atom. The first-order valence-electron chi connectivity index (χ1n) is 9.50. The van der Waals surface area contributed by atoms with E-state index in [0.717, 1.165) is 64.6 Å². The summed E-state index contributed by atoms with van der Waals surface area (Å²) in [7, 11) is 1.80. The minimum absolute atomic E-state index is 0.198. The maximum absolute atomic E-state index is 12.1. The van der Waals surface area contributed by atoms with E-state index < -0.39 is 5.60 Å². The molecule has 1 aliphatic rings. The van der Waals surface area contributed by atoms with Crippen molar-refractivity contribution >= 4 is 12.1 Å². The van der Waals surface area contributed by atoms with Crippen LogP contribution >= 0.6 is 0 Å². The number of hydrogen-bond donors (Lipinski definition) is 2. The largest absolute Gasteiger partial charge is 0.444 e. The van der Waals surface area contributed by atoms with Gasteiger partial charge in [0.25, 0.3) is 0 Å². The van der Waals surface area contributed by atoms with Gasteiger partial charge in [0.2, 0.25) is 0 Å². The first-order chi connectivity index (χ1) is 11.9. The van der Waals surface area contributed by atoms with Gasteiger partial charge in [-0.3, -0.25) is 9.89 Å². The molecule has 0 bridgehead atoms. The van der Waals surface area contributed by atoms with Crippen LogP contribution in [0.25, 0.3) is 0 Å². The fourth-order valence-electron chi connectivity index (χ4n) is 2.59. The average molecular weight is 356 g/mol. The highest BCUT2D eigenvalue weighted by molar-refractivity contribution is 5.79. The van der Waals surface area contributed by atoms with E-state index in [1.165, 1.54) is 6.42 Å². The first kappa shape index (κ1) is 21.5. The van der Waals surface area contributed by atoms with Crippen LogP contribution in [0.5, 0.6) is 0 Å². The van der Waals surface area contributed by atoms with Gasteiger partial charge in [0.1, 0.15) is 5.60 Å². The molecule has 2 N–H and O–H groups in total. The van der Waals surface area contributed by atoms with Gasteiger partial charge < -0.3 is 20.3 Å². The maximum Gasteiger partial charge on any atom is 0.410 e. The first-order valence-corrected chi connectivity index (χ1v) is 9.50. The van der Waals surface area contributed by atoms with Crippen LogP contribution in [-0.2, 0) is 4.74 Å². The molecular weight excluding hydrogens is 318 g/mol. The van der Waals surface area contributed by atoms with Crippen molar-refractivity contribution in [2.24, 2.45) is 4.99 Å². The topological polar surface area (TPSA) is 69.2 Å². The molecule has 0 saturated carbocycles. The van der Waals surface area contributed by atoms with Gasteiger partial charge in [0.05, 0.1) is 0 Å². The van der Waals surface area contributed by atoms with Crippen molar-refractivity contribution in [2.45, 2.75) is 52.6 Å². The van der Waals surface area contributed by atoms with Gasteiger partial charge in [-0.2, -0.15) is 0 Å². The smallest absolute Gasteiger partial charge is 0.410 e. The zero-order chi connectivity index (χ0) is 18.7. The van der Waals surface area contributed by atoms with Crippen molar-refractivity contribution in [3.63, 3.8) is 0 Å². The van der Waals surface area contributed by atoms with Crippen LogP contribution in [0.1, 0.15) is 47.0 Å². The van der Waals surface area contributed by atoms with Crippen LogP contribution in [-0.4, -0.2) is 80.3 Å². The molecule has 1 fully saturated rings. The Kier molecular flexibility index (Phi) is 9.63. The number of carbonyl (C=O) groups is 1. The van der Waals surface area contributed by atoms with E-state index in [0.29, 0.717) is 0 Å². The number of unbranched alkanes of at least 4 members (excludes halogenated alkanes) is 1. The summed E-state index contributed by atoms with van der Waals surface area (Å²) in [5, 5.41) is 6.66. The summed E-state index contributed by atoms with van der Waals surface area (Å²) in [5.41, 5.74) is -0.427. The normalized spacial score (nSPS) is 16.7. The molecule has 1 heterocycles. The lowest BCUT2D eigenvalue weighted by atomic mass is 10.2. The third-order valence-electron chi connectivity index (χ3n) is 4.01. The molecule has 1 amide bonds. The summed E-state index contributed by atoms with van der Waals surface area (Å²) in [6.45, 7) is 14.1. The monoisotopic (exact) mass is 355 g/mol. The minimum Gasteiger partial charge on any atom is -0.444 e. The number of piperazine rings is 1. The predicted octanol–water partition coefficient (Wildman–Crippen LogP) is 1.89. The molecule has 0 aliphatic carbocycles. The van der Waals surface area contributed by atoms with Crippen molar-refractivity contribution in [1.29, 1.82) is 0 Å². The second-order valence-electron chi connectivity index (χ2n) is 7.44. The van der Waals surface area contributed by atoms with Crippen molar-refractivity contribution in [1.82, 2.24) is 20.4 Å².